The Labute approximate surface area is 106 Å². The van der Waals surface area contributed by atoms with Gasteiger partial charge in [0.05, 0.1) is 6.54 Å². The second-order valence-corrected chi connectivity index (χ2v) is 5.81. The summed E-state index contributed by atoms with van der Waals surface area (Å²) in [5.74, 6) is 0.427. The predicted octanol–water partition coefficient (Wildman–Crippen LogP) is 3.67. The standard InChI is InChI=1S/C13H17FN2S/c1-8(2)12-7-15-13(17-12)16-11-6-4-5-10(14)9(11)3/h4-6,8,12H,7H2,1-3H3,(H,15,16). The first-order valence-electron chi connectivity index (χ1n) is 5.81. The highest BCUT2D eigenvalue weighted by atomic mass is 32.2. The molecule has 1 aromatic rings. The number of nitrogens with one attached hydrogen (secondary N) is 1. The van der Waals surface area contributed by atoms with Gasteiger partial charge in [-0.2, -0.15) is 0 Å². The third-order valence-electron chi connectivity index (χ3n) is 2.93. The summed E-state index contributed by atoms with van der Waals surface area (Å²) in [7, 11) is 0. The van der Waals surface area contributed by atoms with Crippen molar-refractivity contribution in [3.63, 3.8) is 0 Å². The Morgan fingerprint density at radius 3 is 2.88 bits per heavy atom. The zero-order valence-corrected chi connectivity index (χ0v) is 11.1. The molecule has 1 aromatic carbocycles. The van der Waals surface area contributed by atoms with Gasteiger partial charge in [-0.3, -0.25) is 4.99 Å². The van der Waals surface area contributed by atoms with Crippen molar-refractivity contribution in [2.24, 2.45) is 10.9 Å². The number of hydrogen-bond donors (Lipinski definition) is 1. The first kappa shape index (κ1) is 12.4. The molecule has 0 radical (unpaired) electrons. The highest BCUT2D eigenvalue weighted by Crippen LogP contribution is 2.28. The smallest absolute Gasteiger partial charge is 0.161 e. The quantitative estimate of drug-likeness (QED) is 0.868. The molecule has 0 amide bonds. The lowest BCUT2D eigenvalue weighted by Gasteiger charge is -2.13. The van der Waals surface area contributed by atoms with Gasteiger partial charge in [-0.1, -0.05) is 31.7 Å². The maximum Gasteiger partial charge on any atom is 0.161 e. The van der Waals surface area contributed by atoms with Gasteiger partial charge in [0.15, 0.2) is 5.17 Å². The minimum Gasteiger partial charge on any atom is -0.335 e. The van der Waals surface area contributed by atoms with Crippen LogP contribution in [0.15, 0.2) is 23.2 Å². The van der Waals surface area contributed by atoms with Crippen molar-refractivity contribution in [3.8, 4) is 0 Å². The number of hydrogen-bond acceptors (Lipinski definition) is 3. The maximum absolute atomic E-state index is 13.4. The van der Waals surface area contributed by atoms with Gasteiger partial charge in [-0.05, 0) is 25.0 Å². The van der Waals surface area contributed by atoms with Crippen LogP contribution in [0.2, 0.25) is 0 Å². The van der Waals surface area contributed by atoms with Gasteiger partial charge in [0, 0.05) is 16.5 Å². The van der Waals surface area contributed by atoms with Crippen molar-refractivity contribution in [3.05, 3.63) is 29.6 Å². The second-order valence-electron chi connectivity index (χ2n) is 4.58. The largest absolute Gasteiger partial charge is 0.335 e. The number of anilines is 1. The van der Waals surface area contributed by atoms with Gasteiger partial charge in [0.2, 0.25) is 0 Å². The van der Waals surface area contributed by atoms with Gasteiger partial charge in [0.25, 0.3) is 0 Å². The Balaban J connectivity index is 2.06. The fourth-order valence-corrected chi connectivity index (χ4v) is 2.69. The molecule has 0 saturated heterocycles. The summed E-state index contributed by atoms with van der Waals surface area (Å²) in [5, 5.41) is 4.64. The van der Waals surface area contributed by atoms with Gasteiger partial charge in [0.1, 0.15) is 5.82 Å². The molecule has 2 nitrogen and oxygen atoms in total. The van der Waals surface area contributed by atoms with Crippen LogP contribution in [-0.4, -0.2) is 17.0 Å². The van der Waals surface area contributed by atoms with Crippen LogP contribution in [0.1, 0.15) is 19.4 Å². The summed E-state index contributed by atoms with van der Waals surface area (Å²) in [6.07, 6.45) is 0. The number of benzene rings is 1. The lowest BCUT2D eigenvalue weighted by Crippen LogP contribution is -2.13. The molecule has 0 saturated carbocycles. The second kappa shape index (κ2) is 5.08. The Bertz CT molecular complexity index is 443. The van der Waals surface area contributed by atoms with E-state index < -0.39 is 0 Å². The molecule has 1 aliphatic rings. The van der Waals surface area contributed by atoms with Crippen LogP contribution >= 0.6 is 11.8 Å². The lowest BCUT2D eigenvalue weighted by atomic mass is 10.1. The Hall–Kier alpha value is -1.03. The molecule has 2 rings (SSSR count). The lowest BCUT2D eigenvalue weighted by molar-refractivity contribution is 0.619. The molecule has 17 heavy (non-hydrogen) atoms. The first-order chi connectivity index (χ1) is 8.08. The Kier molecular flexibility index (Phi) is 3.72. The van der Waals surface area contributed by atoms with Crippen LogP contribution in [0.25, 0.3) is 0 Å². The van der Waals surface area contributed by atoms with E-state index >= 15 is 0 Å². The molecule has 4 heteroatoms. The van der Waals surface area contributed by atoms with Gasteiger partial charge < -0.3 is 5.32 Å². The highest BCUT2D eigenvalue weighted by molar-refractivity contribution is 8.15. The summed E-state index contributed by atoms with van der Waals surface area (Å²) in [6.45, 7) is 7.02. The van der Waals surface area contributed by atoms with Crippen molar-refractivity contribution >= 4 is 22.6 Å². The number of rotatable bonds is 2. The van der Waals surface area contributed by atoms with E-state index in [1.54, 1.807) is 24.8 Å². The average Bonchev–Trinajstić information content (AvgIpc) is 2.73. The fraction of sp³-hybridized carbons (Fsp3) is 0.462. The van der Waals surface area contributed by atoms with Crippen LogP contribution in [0.5, 0.6) is 0 Å². The molecule has 1 unspecified atom stereocenters. The van der Waals surface area contributed by atoms with E-state index in [0.717, 1.165) is 17.4 Å². The minimum absolute atomic E-state index is 0.181. The van der Waals surface area contributed by atoms with Crippen LogP contribution in [-0.2, 0) is 0 Å². The van der Waals surface area contributed by atoms with Crippen LogP contribution < -0.4 is 5.32 Å². The maximum atomic E-state index is 13.4. The fourth-order valence-electron chi connectivity index (χ4n) is 1.66. The van der Waals surface area contributed by atoms with Crippen molar-refractivity contribution in [1.29, 1.82) is 0 Å². The summed E-state index contributed by atoms with van der Waals surface area (Å²) in [5.41, 5.74) is 1.45. The van der Waals surface area contributed by atoms with Crippen LogP contribution in [0, 0.1) is 18.7 Å². The molecule has 92 valence electrons. The molecule has 1 heterocycles. The first-order valence-corrected chi connectivity index (χ1v) is 6.69. The molecule has 1 atom stereocenters. The molecular formula is C13H17FN2S. The normalized spacial score (nSPS) is 19.6. The predicted molar refractivity (Wildman–Crippen MR) is 73.3 cm³/mol. The number of nitrogens with zero attached hydrogens (tertiary/aromatic N) is 1. The van der Waals surface area contributed by atoms with Crippen molar-refractivity contribution in [1.82, 2.24) is 0 Å². The van der Waals surface area contributed by atoms with Crippen LogP contribution in [0.3, 0.4) is 0 Å². The Morgan fingerprint density at radius 2 is 2.24 bits per heavy atom. The summed E-state index contributed by atoms with van der Waals surface area (Å²) >= 11 is 1.74. The molecule has 1 aliphatic heterocycles. The summed E-state index contributed by atoms with van der Waals surface area (Å²) < 4.78 is 13.4. The topological polar surface area (TPSA) is 24.4 Å². The monoisotopic (exact) mass is 252 g/mol. The molecule has 0 fully saturated rings. The zero-order valence-electron chi connectivity index (χ0n) is 10.3. The average molecular weight is 252 g/mol. The van der Waals surface area contributed by atoms with Crippen molar-refractivity contribution < 1.29 is 4.39 Å². The van der Waals surface area contributed by atoms with Crippen LogP contribution in [0.4, 0.5) is 10.1 Å². The molecular weight excluding hydrogens is 235 g/mol. The van der Waals surface area contributed by atoms with E-state index in [0.29, 0.717) is 16.7 Å². The summed E-state index contributed by atoms with van der Waals surface area (Å²) in [4.78, 5) is 4.45. The molecule has 0 spiro atoms. The van der Waals surface area contributed by atoms with Gasteiger partial charge in [-0.25, -0.2) is 4.39 Å². The summed E-state index contributed by atoms with van der Waals surface area (Å²) in [6, 6.07) is 5.07. The minimum atomic E-state index is -0.181. The van der Waals surface area contributed by atoms with Gasteiger partial charge in [-0.15, -0.1) is 0 Å². The van der Waals surface area contributed by atoms with Crippen molar-refractivity contribution in [2.75, 3.05) is 11.9 Å². The molecule has 1 N–H and O–H groups in total. The molecule has 0 bridgehead atoms. The molecule has 0 aromatic heterocycles. The SMILES string of the molecule is Cc1c(F)cccc1NC1=NCC(C(C)C)S1. The molecule has 0 aliphatic carbocycles. The number of amidine groups is 1. The number of halogens is 1. The van der Waals surface area contributed by atoms with E-state index in [1.807, 2.05) is 6.07 Å². The van der Waals surface area contributed by atoms with Gasteiger partial charge >= 0.3 is 0 Å². The van der Waals surface area contributed by atoms with E-state index in [1.165, 1.54) is 6.07 Å². The van der Waals surface area contributed by atoms with E-state index in [4.69, 9.17) is 0 Å². The van der Waals surface area contributed by atoms with E-state index in [2.05, 4.69) is 24.2 Å². The number of aliphatic imine (C=N–C) groups is 1. The third kappa shape index (κ3) is 2.80. The van der Waals surface area contributed by atoms with Crippen molar-refractivity contribution in [2.45, 2.75) is 26.0 Å². The third-order valence-corrected chi connectivity index (χ3v) is 4.38. The van der Waals surface area contributed by atoms with E-state index in [-0.39, 0.29) is 5.82 Å². The van der Waals surface area contributed by atoms with E-state index in [9.17, 15) is 4.39 Å². The zero-order chi connectivity index (χ0) is 12.4. The Morgan fingerprint density at radius 1 is 1.47 bits per heavy atom. The highest BCUT2D eigenvalue weighted by Gasteiger charge is 2.22. The number of thioether (sulfide) groups is 1.